The molecule has 8 nitrogen and oxygen atoms in total. The molecule has 140 valence electrons. The average molecular weight is 386 g/mol. The van der Waals surface area contributed by atoms with Crippen LogP contribution in [0.2, 0.25) is 0 Å². The van der Waals surface area contributed by atoms with Crippen LogP contribution in [-0.4, -0.2) is 37.3 Å². The Morgan fingerprint density at radius 2 is 1.96 bits per heavy atom. The van der Waals surface area contributed by atoms with Crippen molar-refractivity contribution in [3.63, 3.8) is 0 Å². The molecule has 0 atom stereocenters. The number of pyridine rings is 1. The van der Waals surface area contributed by atoms with Gasteiger partial charge in [-0.25, -0.2) is 8.42 Å². The van der Waals surface area contributed by atoms with Gasteiger partial charge in [0.2, 0.25) is 0 Å². The molecule has 4 rings (SSSR count). The highest BCUT2D eigenvalue weighted by molar-refractivity contribution is 7.89. The molecule has 1 fully saturated rings. The van der Waals surface area contributed by atoms with Crippen LogP contribution in [0.5, 0.6) is 5.75 Å². The molecule has 2 heterocycles. The molecule has 0 radical (unpaired) electrons. The van der Waals surface area contributed by atoms with Gasteiger partial charge in [-0.1, -0.05) is 12.1 Å². The van der Waals surface area contributed by atoms with Crippen LogP contribution in [0, 0.1) is 0 Å². The van der Waals surface area contributed by atoms with Crippen molar-refractivity contribution in [1.82, 2.24) is 10.3 Å². The van der Waals surface area contributed by atoms with E-state index in [0.29, 0.717) is 22.4 Å². The van der Waals surface area contributed by atoms with Crippen LogP contribution in [-0.2, 0) is 15.8 Å². The van der Waals surface area contributed by atoms with Gasteiger partial charge in [0.15, 0.2) is 0 Å². The van der Waals surface area contributed by atoms with Crippen molar-refractivity contribution < 1.29 is 17.9 Å². The first-order chi connectivity index (χ1) is 12.9. The fraction of sp³-hybridized carbons (Fsp3) is 0.278. The minimum Gasteiger partial charge on any atom is -0.490 e. The summed E-state index contributed by atoms with van der Waals surface area (Å²) in [4.78, 5) is 16.3. The Bertz CT molecular complexity index is 1030. The topological polar surface area (TPSA) is 124 Å². The summed E-state index contributed by atoms with van der Waals surface area (Å²) >= 11 is 0. The van der Waals surface area contributed by atoms with Crippen molar-refractivity contribution in [2.75, 3.05) is 6.61 Å². The predicted octanol–water partition coefficient (Wildman–Crippen LogP) is 0.972. The van der Waals surface area contributed by atoms with Gasteiger partial charge >= 0.3 is 0 Å². The Morgan fingerprint density at radius 1 is 1.22 bits per heavy atom. The smallest absolute Gasteiger partial charge is 0.259 e. The molecule has 2 aliphatic rings. The minimum absolute atomic E-state index is 0.0717. The summed E-state index contributed by atoms with van der Waals surface area (Å²) in [5, 5.41) is 3.01. The number of hydrogen-bond donors (Lipinski definition) is 2. The van der Waals surface area contributed by atoms with E-state index in [1.165, 1.54) is 0 Å². The summed E-state index contributed by atoms with van der Waals surface area (Å²) in [5.41, 5.74) is 7.02. The number of rotatable bonds is 5. The highest BCUT2D eigenvalue weighted by atomic mass is 32.2. The number of nitrogens with two attached hydrogens (primary N) is 1. The molecule has 3 N–H and O–H groups in total. The SMILES string of the molecule is NC1=NS(=O)(=O)Cc2cccc(OCC3(NC(=O)c4ccncc4)CC3)c21. The summed E-state index contributed by atoms with van der Waals surface area (Å²) in [5.74, 6) is 0.0100. The van der Waals surface area contributed by atoms with E-state index in [2.05, 4.69) is 14.7 Å². The minimum atomic E-state index is -3.59. The lowest BCUT2D eigenvalue weighted by molar-refractivity contribution is 0.0913. The number of aromatic nitrogens is 1. The molecule has 2 aromatic rings. The number of carbonyl (C=O) groups is 1. The Morgan fingerprint density at radius 3 is 2.67 bits per heavy atom. The summed E-state index contributed by atoms with van der Waals surface area (Å²) in [6, 6.07) is 8.44. The Balaban J connectivity index is 1.49. The van der Waals surface area contributed by atoms with Gasteiger partial charge in [0, 0.05) is 18.0 Å². The van der Waals surface area contributed by atoms with Gasteiger partial charge in [0.25, 0.3) is 15.9 Å². The molecule has 1 amide bonds. The van der Waals surface area contributed by atoms with Gasteiger partial charge in [-0.15, -0.1) is 4.40 Å². The quantitative estimate of drug-likeness (QED) is 0.789. The van der Waals surface area contributed by atoms with Crippen LogP contribution in [0.25, 0.3) is 0 Å². The maximum Gasteiger partial charge on any atom is 0.259 e. The van der Waals surface area contributed by atoms with Crippen LogP contribution >= 0.6 is 0 Å². The fourth-order valence-electron chi connectivity index (χ4n) is 3.02. The van der Waals surface area contributed by atoms with Crippen molar-refractivity contribution in [2.24, 2.45) is 10.1 Å². The second kappa shape index (κ2) is 6.34. The summed E-state index contributed by atoms with van der Waals surface area (Å²) in [6.45, 7) is 0.264. The molecule has 1 aliphatic carbocycles. The van der Waals surface area contributed by atoms with Gasteiger partial charge in [0.1, 0.15) is 18.2 Å². The number of benzene rings is 1. The van der Waals surface area contributed by atoms with E-state index in [-0.39, 0.29) is 24.1 Å². The van der Waals surface area contributed by atoms with Crippen LogP contribution in [0.4, 0.5) is 0 Å². The van der Waals surface area contributed by atoms with Crippen LogP contribution in [0.15, 0.2) is 47.1 Å². The number of hydrogen-bond acceptors (Lipinski definition) is 6. The van der Waals surface area contributed by atoms with Gasteiger partial charge in [0.05, 0.1) is 16.9 Å². The third-order valence-electron chi connectivity index (χ3n) is 4.62. The normalized spacial score (nSPS) is 18.7. The molecule has 9 heteroatoms. The third kappa shape index (κ3) is 3.63. The molecule has 1 saturated carbocycles. The molecule has 0 spiro atoms. The number of nitrogens with zero attached hydrogens (tertiary/aromatic N) is 2. The monoisotopic (exact) mass is 386 g/mol. The van der Waals surface area contributed by atoms with E-state index in [1.54, 1.807) is 42.7 Å². The standard InChI is InChI=1S/C18H18N4O4S/c19-16-15-13(10-27(24,25)22-16)2-1-3-14(15)26-11-18(6-7-18)21-17(23)12-4-8-20-9-5-12/h1-5,8-9H,6-7,10-11H2,(H2,19,22)(H,21,23). The van der Waals surface area contributed by atoms with Crippen molar-refractivity contribution in [3.05, 3.63) is 59.4 Å². The van der Waals surface area contributed by atoms with Gasteiger partial charge in [-0.05, 0) is 36.6 Å². The second-order valence-electron chi connectivity index (χ2n) is 6.75. The number of sulfonamides is 1. The zero-order chi connectivity index (χ0) is 19.1. The predicted molar refractivity (Wildman–Crippen MR) is 99.0 cm³/mol. The van der Waals surface area contributed by atoms with Crippen molar-refractivity contribution in [3.8, 4) is 5.75 Å². The molecule has 1 aromatic carbocycles. The van der Waals surface area contributed by atoms with E-state index in [0.717, 1.165) is 12.8 Å². The largest absolute Gasteiger partial charge is 0.490 e. The molecule has 1 aromatic heterocycles. The lowest BCUT2D eigenvalue weighted by Gasteiger charge is -2.22. The molecule has 0 bridgehead atoms. The molecule has 0 unspecified atom stereocenters. The van der Waals surface area contributed by atoms with Gasteiger partial charge < -0.3 is 15.8 Å². The number of ether oxygens (including phenoxy) is 1. The van der Waals surface area contributed by atoms with Crippen LogP contribution < -0.4 is 15.8 Å². The number of amides is 1. The van der Waals surface area contributed by atoms with Gasteiger partial charge in [-0.3, -0.25) is 9.78 Å². The van der Waals surface area contributed by atoms with Crippen molar-refractivity contribution >= 4 is 21.8 Å². The van der Waals surface area contributed by atoms with E-state index < -0.39 is 15.6 Å². The van der Waals surface area contributed by atoms with Crippen LogP contribution in [0.3, 0.4) is 0 Å². The lowest BCUT2D eigenvalue weighted by Crippen LogP contribution is -2.41. The number of fused-ring (bicyclic) bond motifs is 1. The maximum atomic E-state index is 12.4. The van der Waals surface area contributed by atoms with E-state index >= 15 is 0 Å². The zero-order valence-electron chi connectivity index (χ0n) is 14.4. The first-order valence-corrected chi connectivity index (χ1v) is 10.0. The Kier molecular flexibility index (Phi) is 4.11. The molecule has 0 saturated heterocycles. The van der Waals surface area contributed by atoms with Crippen molar-refractivity contribution in [2.45, 2.75) is 24.1 Å². The second-order valence-corrected chi connectivity index (χ2v) is 8.39. The molecular weight excluding hydrogens is 368 g/mol. The maximum absolute atomic E-state index is 12.4. The van der Waals surface area contributed by atoms with E-state index in [4.69, 9.17) is 10.5 Å². The molecule has 27 heavy (non-hydrogen) atoms. The number of carbonyl (C=O) groups excluding carboxylic acids is 1. The van der Waals surface area contributed by atoms with Crippen molar-refractivity contribution in [1.29, 1.82) is 0 Å². The lowest BCUT2D eigenvalue weighted by atomic mass is 10.1. The molecule has 1 aliphatic heterocycles. The first kappa shape index (κ1) is 17.5. The highest BCUT2D eigenvalue weighted by Crippen LogP contribution is 2.37. The van der Waals surface area contributed by atoms with Crippen LogP contribution in [0.1, 0.15) is 34.3 Å². The molecular formula is C18H18N4O4S. The van der Waals surface area contributed by atoms with Gasteiger partial charge in [-0.2, -0.15) is 0 Å². The van der Waals surface area contributed by atoms with E-state index in [1.807, 2.05) is 0 Å². The average Bonchev–Trinajstić information content (AvgIpc) is 3.39. The summed E-state index contributed by atoms with van der Waals surface area (Å²) < 4.78 is 33.0. The summed E-state index contributed by atoms with van der Waals surface area (Å²) in [7, 11) is -3.59. The fourth-order valence-corrected chi connectivity index (χ4v) is 4.11. The van der Waals surface area contributed by atoms with E-state index in [9.17, 15) is 13.2 Å². The first-order valence-electron chi connectivity index (χ1n) is 8.43. The highest BCUT2D eigenvalue weighted by Gasteiger charge is 2.45. The Labute approximate surface area is 156 Å². The third-order valence-corrected chi connectivity index (χ3v) is 5.77. The summed E-state index contributed by atoms with van der Waals surface area (Å²) in [6.07, 6.45) is 4.74. The Hall–Kier alpha value is -2.94. The zero-order valence-corrected chi connectivity index (χ0v) is 15.2. The number of nitrogens with one attached hydrogen (secondary N) is 1. The number of amidine groups is 1.